The van der Waals surface area contributed by atoms with Crippen molar-refractivity contribution in [3.8, 4) is 0 Å². The molecule has 1 saturated heterocycles. The van der Waals surface area contributed by atoms with E-state index in [1.807, 2.05) is 67.5 Å². The lowest BCUT2D eigenvalue weighted by atomic mass is 9.92. The fraction of sp³-hybridized carbons (Fsp3) is 0.787. The molecule has 0 radical (unpaired) electrons. The smallest absolute Gasteiger partial charge is 0.248 e. The number of rotatable bonds is 32. The number of likely N-dealkylation sites (N-methyl/N-ethyl adjacent to an activating group) is 7. The van der Waals surface area contributed by atoms with E-state index in [2.05, 4.69) is 26.6 Å². The van der Waals surface area contributed by atoms with Crippen LogP contribution >= 0.6 is 0 Å². The van der Waals surface area contributed by atoms with Crippen molar-refractivity contribution in [2.24, 2.45) is 35.5 Å². The molecule has 0 aromatic carbocycles. The normalized spacial score (nSPS) is 20.0. The number of ether oxygens (including phenoxy) is 1. The van der Waals surface area contributed by atoms with Crippen LogP contribution in [0, 0.1) is 35.5 Å². The van der Waals surface area contributed by atoms with E-state index in [9.17, 15) is 53.1 Å². The molecule has 0 saturated carbocycles. The van der Waals surface area contributed by atoms with Crippen LogP contribution in [-0.4, -0.2) is 228 Å². The van der Waals surface area contributed by atoms with Gasteiger partial charge in [0, 0.05) is 68.3 Å². The molecule has 6 N–H and O–H groups in total. The molecular weight excluding hydrogens is 1090 g/mol. The van der Waals surface area contributed by atoms with Crippen molar-refractivity contribution in [3.63, 3.8) is 0 Å². The highest BCUT2D eigenvalue weighted by Crippen LogP contribution is 2.30. The quantitative estimate of drug-likeness (QED) is 0.0528. The Labute approximate surface area is 507 Å². The minimum absolute atomic E-state index is 0.113. The molecule has 14 atom stereocenters. The molecule has 85 heavy (non-hydrogen) atoms. The maximum atomic E-state index is 15.0. The number of hydrogen-bond donors (Lipinski definition) is 6. The molecule has 1 heterocycles. The minimum Gasteiger partial charge on any atom is -0.396 e. The molecule has 0 aromatic heterocycles. The predicted octanol–water partition coefficient (Wildman–Crippen LogP) is 2.31. The molecule has 24 heteroatoms. The summed E-state index contributed by atoms with van der Waals surface area (Å²) in [6.45, 7) is 27.6. The molecular formula is C61H109N11O13. The summed E-state index contributed by atoms with van der Waals surface area (Å²) >= 11 is 0. The summed E-state index contributed by atoms with van der Waals surface area (Å²) in [4.78, 5) is 162. The molecule has 1 fully saturated rings. The van der Waals surface area contributed by atoms with Crippen LogP contribution in [0.25, 0.3) is 0 Å². The predicted molar refractivity (Wildman–Crippen MR) is 325 cm³/mol. The summed E-state index contributed by atoms with van der Waals surface area (Å²) in [6.07, 6.45) is 3.37. The van der Waals surface area contributed by atoms with E-state index in [0.717, 1.165) is 0 Å². The summed E-state index contributed by atoms with van der Waals surface area (Å²) < 4.78 is 6.65. The molecule has 11 amide bonds. The lowest BCUT2D eigenvalue weighted by Crippen LogP contribution is -2.62. The highest BCUT2D eigenvalue weighted by Gasteiger charge is 2.50. The van der Waals surface area contributed by atoms with Crippen molar-refractivity contribution in [2.75, 3.05) is 55.9 Å². The monoisotopic (exact) mass is 1200 g/mol. The Balaban J connectivity index is 3.55. The van der Waals surface area contributed by atoms with Crippen LogP contribution in [0.2, 0.25) is 0 Å². The second kappa shape index (κ2) is 35.5. The van der Waals surface area contributed by atoms with Gasteiger partial charge in [-0.15, -0.1) is 0 Å². The van der Waals surface area contributed by atoms with Gasteiger partial charge in [0.2, 0.25) is 65.0 Å². The zero-order valence-corrected chi connectivity index (χ0v) is 55.5. The molecule has 1 aliphatic rings. The van der Waals surface area contributed by atoms with Gasteiger partial charge in [0.1, 0.15) is 60.4 Å². The highest BCUT2D eigenvalue weighted by atomic mass is 16.5. The zero-order chi connectivity index (χ0) is 65.8. The van der Waals surface area contributed by atoms with Crippen LogP contribution in [0.5, 0.6) is 0 Å². The molecule has 0 spiro atoms. The number of carbonyl (C=O) groups is 11. The number of aliphatic hydroxyl groups is 1. The third-order valence-electron chi connectivity index (χ3n) is 16.1. The van der Waals surface area contributed by atoms with Gasteiger partial charge in [0.25, 0.3) is 0 Å². The van der Waals surface area contributed by atoms with Gasteiger partial charge in [-0.05, 0) is 89.4 Å². The first-order valence-electron chi connectivity index (χ1n) is 30.3. The SMILES string of the molecule is CC=CCC(C)C1OC(C)C(N(C)C(=O)C(CC(C)C)N(C)C(=O)C(CC(C)C)N(C)C(=O)C(C)NC(=O)C(C)NC(=O)C(CC(C)C)N(C)C(=O)C(NC(=O)C(C(C)CO)N(C)C(=O)CC)C(C)C)C(=O)N(C)C1C(=O)NC(CC)C(=O)NC. The van der Waals surface area contributed by atoms with Crippen LogP contribution < -0.4 is 26.6 Å². The first-order valence-corrected chi connectivity index (χ1v) is 30.3. The first kappa shape index (κ1) is 76.8. The number of carbonyl (C=O) groups excluding carboxylic acids is 11. The van der Waals surface area contributed by atoms with Gasteiger partial charge in [0.05, 0.1) is 12.2 Å². The Bertz CT molecular complexity index is 2310. The Kier molecular flexibility index (Phi) is 32.1. The Morgan fingerprint density at radius 1 is 0.635 bits per heavy atom. The van der Waals surface area contributed by atoms with Crippen molar-refractivity contribution in [3.05, 3.63) is 12.2 Å². The third-order valence-corrected chi connectivity index (χ3v) is 16.1. The Hall–Kier alpha value is -6.17. The fourth-order valence-electron chi connectivity index (χ4n) is 10.8. The molecule has 24 nitrogen and oxygen atoms in total. The third kappa shape index (κ3) is 21.0. The van der Waals surface area contributed by atoms with Crippen LogP contribution in [-0.2, 0) is 57.5 Å². The van der Waals surface area contributed by atoms with Gasteiger partial charge in [-0.25, -0.2) is 0 Å². The lowest BCUT2D eigenvalue weighted by Gasteiger charge is -2.39. The van der Waals surface area contributed by atoms with Crippen LogP contribution in [0.4, 0.5) is 0 Å². The van der Waals surface area contributed by atoms with Gasteiger partial charge in [-0.2, -0.15) is 0 Å². The summed E-state index contributed by atoms with van der Waals surface area (Å²) in [6, 6.07) is -11.4. The molecule has 0 aliphatic carbocycles. The van der Waals surface area contributed by atoms with Gasteiger partial charge in [-0.3, -0.25) is 52.7 Å². The second-order valence-corrected chi connectivity index (χ2v) is 24.9. The summed E-state index contributed by atoms with van der Waals surface area (Å²) in [5, 5.41) is 23.4. The van der Waals surface area contributed by atoms with E-state index < -0.39 is 150 Å². The van der Waals surface area contributed by atoms with E-state index in [1.165, 1.54) is 92.6 Å². The van der Waals surface area contributed by atoms with Crippen LogP contribution in [0.1, 0.15) is 149 Å². The van der Waals surface area contributed by atoms with E-state index in [4.69, 9.17) is 4.74 Å². The average Bonchev–Trinajstić information content (AvgIpc) is 3.73. The summed E-state index contributed by atoms with van der Waals surface area (Å²) in [5.74, 6) is -8.24. The largest absolute Gasteiger partial charge is 0.396 e. The molecule has 1 rings (SSSR count). The topological polar surface area (TPSA) is 297 Å². The van der Waals surface area contributed by atoms with E-state index in [1.54, 1.807) is 41.5 Å². The lowest BCUT2D eigenvalue weighted by molar-refractivity contribution is -0.155. The molecule has 0 aromatic rings. The second-order valence-electron chi connectivity index (χ2n) is 24.9. The van der Waals surface area contributed by atoms with Crippen molar-refractivity contribution in [2.45, 2.75) is 222 Å². The number of allylic oxidation sites excluding steroid dienone is 2. The van der Waals surface area contributed by atoms with E-state index in [-0.39, 0.29) is 61.7 Å². The van der Waals surface area contributed by atoms with Crippen molar-refractivity contribution >= 4 is 65.0 Å². The maximum absolute atomic E-state index is 15.0. The minimum atomic E-state index is -1.26. The molecule has 0 bridgehead atoms. The fourth-order valence-corrected chi connectivity index (χ4v) is 10.8. The maximum Gasteiger partial charge on any atom is 0.248 e. The number of hydrogen-bond acceptors (Lipinski definition) is 13. The van der Waals surface area contributed by atoms with Gasteiger partial charge in [-0.1, -0.05) is 95.2 Å². The Morgan fingerprint density at radius 3 is 1.60 bits per heavy atom. The van der Waals surface area contributed by atoms with Crippen LogP contribution in [0.15, 0.2) is 12.2 Å². The first-order chi connectivity index (χ1) is 39.4. The number of aliphatic hydroxyl groups excluding tert-OH is 1. The van der Waals surface area contributed by atoms with Gasteiger partial charge >= 0.3 is 0 Å². The number of nitrogens with zero attached hydrogens (tertiary/aromatic N) is 6. The number of nitrogens with one attached hydrogen (secondary N) is 5. The van der Waals surface area contributed by atoms with Crippen molar-refractivity contribution in [1.82, 2.24) is 56.0 Å². The standard InChI is InChI=1S/C61H109N11O13/c1-24-27-28-37(12)51-50(56(79)65-42(25-2)53(76)62-17)72(23)61(84)49(41(16)85-51)71(22)59(82)45(31-35(8)9)69(20)58(81)44(30-34(6)7)68(19)57(80)40(15)64-52(75)39(14)63-54(77)43(29-33(4)5)67(18)60(83)47(36(10)11)66-55(78)48(38(13)32-73)70(21)46(74)26-3/h24,27,33-45,47-51,73H,25-26,28-32H2,1-23H3,(H,62,76)(H,63,77)(H,64,75)(H,65,79)(H,66,78). The van der Waals surface area contributed by atoms with Crippen LogP contribution in [0.3, 0.4) is 0 Å². The summed E-state index contributed by atoms with van der Waals surface area (Å²) in [7, 11) is 10.2. The van der Waals surface area contributed by atoms with E-state index in [0.29, 0.717) is 6.42 Å². The molecule has 486 valence electrons. The summed E-state index contributed by atoms with van der Waals surface area (Å²) in [5.41, 5.74) is 0. The van der Waals surface area contributed by atoms with Crippen molar-refractivity contribution < 1.29 is 62.6 Å². The molecule has 1 aliphatic heterocycles. The highest BCUT2D eigenvalue weighted by molar-refractivity contribution is 5.99. The van der Waals surface area contributed by atoms with Gasteiger partial charge in [0.15, 0.2) is 0 Å². The van der Waals surface area contributed by atoms with E-state index >= 15 is 4.79 Å². The Morgan fingerprint density at radius 2 is 1.13 bits per heavy atom. The van der Waals surface area contributed by atoms with Crippen molar-refractivity contribution in [1.29, 1.82) is 0 Å². The van der Waals surface area contributed by atoms with Gasteiger partial charge < -0.3 is 65.8 Å². The average molecular weight is 1200 g/mol. The molecule has 14 unspecified atom stereocenters. The zero-order valence-electron chi connectivity index (χ0n) is 55.5. The number of amides is 11.